The van der Waals surface area contributed by atoms with E-state index in [0.29, 0.717) is 0 Å². The van der Waals surface area contributed by atoms with E-state index in [0.717, 1.165) is 24.5 Å². The molecule has 3 heteroatoms. The topological polar surface area (TPSA) is 34.2 Å². The van der Waals surface area contributed by atoms with Crippen molar-refractivity contribution in [3.8, 4) is 5.75 Å². The number of hydrogen-bond donors (Lipinski definition) is 1. The average molecular weight is 254 g/mol. The summed E-state index contributed by atoms with van der Waals surface area (Å²) >= 11 is 0. The van der Waals surface area contributed by atoms with E-state index in [9.17, 15) is 0 Å². The molecule has 0 bridgehead atoms. The lowest BCUT2D eigenvalue weighted by molar-refractivity contribution is 0.351. The number of ether oxygens (including phenoxy) is 1. The first kappa shape index (κ1) is 12.2. The number of aromatic nitrogens is 1. The molecule has 3 nitrogen and oxygen atoms in total. The zero-order valence-electron chi connectivity index (χ0n) is 11.3. The molecule has 2 heterocycles. The molecule has 1 aromatic carbocycles. The Balaban J connectivity index is 2.06. The number of rotatable bonds is 3. The number of pyridine rings is 1. The summed E-state index contributed by atoms with van der Waals surface area (Å²) in [6, 6.07) is 10.7. The molecule has 0 aliphatic carbocycles. The van der Waals surface area contributed by atoms with Gasteiger partial charge < -0.3 is 10.1 Å². The first-order valence-corrected chi connectivity index (χ1v) is 6.64. The van der Waals surface area contributed by atoms with Gasteiger partial charge in [-0.05, 0) is 37.2 Å². The summed E-state index contributed by atoms with van der Waals surface area (Å²) in [5, 5.41) is 3.38. The van der Waals surface area contributed by atoms with E-state index in [4.69, 9.17) is 4.74 Å². The summed E-state index contributed by atoms with van der Waals surface area (Å²) < 4.78 is 5.81. The number of para-hydroxylation sites is 1. The molecule has 0 saturated heterocycles. The van der Waals surface area contributed by atoms with E-state index in [-0.39, 0.29) is 6.04 Å². The van der Waals surface area contributed by atoms with Gasteiger partial charge in [-0.15, -0.1) is 0 Å². The van der Waals surface area contributed by atoms with Crippen molar-refractivity contribution >= 4 is 0 Å². The lowest BCUT2D eigenvalue weighted by Gasteiger charge is -2.20. The highest BCUT2D eigenvalue weighted by molar-refractivity contribution is 5.48. The molecule has 1 unspecified atom stereocenters. The second kappa shape index (κ2) is 5.02. The van der Waals surface area contributed by atoms with Crippen LogP contribution in [0.5, 0.6) is 5.75 Å². The van der Waals surface area contributed by atoms with Crippen molar-refractivity contribution in [2.75, 3.05) is 13.7 Å². The highest BCUT2D eigenvalue weighted by Crippen LogP contribution is 2.35. The molecule has 3 rings (SSSR count). The van der Waals surface area contributed by atoms with Gasteiger partial charge >= 0.3 is 0 Å². The van der Waals surface area contributed by atoms with Crippen LogP contribution in [0.4, 0.5) is 0 Å². The molecule has 2 aromatic rings. The first-order valence-electron chi connectivity index (χ1n) is 6.64. The maximum Gasteiger partial charge on any atom is 0.127 e. The van der Waals surface area contributed by atoms with Gasteiger partial charge in [0, 0.05) is 23.9 Å². The Kier molecular flexibility index (Phi) is 3.22. The largest absolute Gasteiger partial charge is 0.493 e. The summed E-state index contributed by atoms with van der Waals surface area (Å²) in [6.07, 6.45) is 2.87. The van der Waals surface area contributed by atoms with Gasteiger partial charge in [-0.25, -0.2) is 0 Å². The SMILES string of the molecule is CNC(c1ccnc(C)c1)c1cccc2c1OCC2. The van der Waals surface area contributed by atoms with E-state index in [1.165, 1.54) is 16.7 Å². The molecular formula is C16H18N2O. The van der Waals surface area contributed by atoms with E-state index in [2.05, 4.69) is 40.6 Å². The minimum atomic E-state index is 0.148. The van der Waals surface area contributed by atoms with Crippen molar-refractivity contribution in [3.63, 3.8) is 0 Å². The lowest BCUT2D eigenvalue weighted by atomic mass is 9.96. The van der Waals surface area contributed by atoms with Crippen molar-refractivity contribution in [2.45, 2.75) is 19.4 Å². The molecule has 0 radical (unpaired) electrons. The van der Waals surface area contributed by atoms with Crippen LogP contribution in [0.2, 0.25) is 0 Å². The van der Waals surface area contributed by atoms with Gasteiger partial charge in [-0.3, -0.25) is 4.98 Å². The third kappa shape index (κ3) is 2.22. The Morgan fingerprint density at radius 1 is 1.32 bits per heavy atom. The number of nitrogens with zero attached hydrogens (tertiary/aromatic N) is 1. The Labute approximate surface area is 113 Å². The molecule has 1 N–H and O–H groups in total. The van der Waals surface area contributed by atoms with Crippen LogP contribution in [0.3, 0.4) is 0 Å². The van der Waals surface area contributed by atoms with E-state index in [1.54, 1.807) is 0 Å². The fourth-order valence-electron chi connectivity index (χ4n) is 2.72. The molecule has 0 saturated carbocycles. The molecule has 0 amide bonds. The molecule has 1 aromatic heterocycles. The standard InChI is InChI=1S/C16H18N2O/c1-11-10-13(6-8-18-11)15(17-2)14-5-3-4-12-7-9-19-16(12)14/h3-6,8,10,15,17H,7,9H2,1-2H3. The Bertz CT molecular complexity index is 595. The first-order chi connectivity index (χ1) is 9.29. The van der Waals surface area contributed by atoms with E-state index >= 15 is 0 Å². The minimum absolute atomic E-state index is 0.148. The summed E-state index contributed by atoms with van der Waals surface area (Å²) in [5.74, 6) is 1.05. The van der Waals surface area contributed by atoms with Gasteiger partial charge in [0.2, 0.25) is 0 Å². The van der Waals surface area contributed by atoms with Gasteiger partial charge in [0.1, 0.15) is 5.75 Å². The van der Waals surface area contributed by atoms with Crippen LogP contribution in [0.15, 0.2) is 36.5 Å². The van der Waals surface area contributed by atoms with Crippen molar-refractivity contribution in [3.05, 3.63) is 58.9 Å². The Hall–Kier alpha value is -1.87. The Morgan fingerprint density at radius 2 is 2.21 bits per heavy atom. The summed E-state index contributed by atoms with van der Waals surface area (Å²) in [4.78, 5) is 4.26. The van der Waals surface area contributed by atoms with Gasteiger partial charge in [0.15, 0.2) is 0 Å². The number of aryl methyl sites for hydroxylation is 1. The van der Waals surface area contributed by atoms with Gasteiger partial charge in [-0.2, -0.15) is 0 Å². The molecule has 1 aliphatic rings. The molecular weight excluding hydrogens is 236 g/mol. The zero-order chi connectivity index (χ0) is 13.2. The number of nitrogens with one attached hydrogen (secondary N) is 1. The van der Waals surface area contributed by atoms with Gasteiger partial charge in [0.05, 0.1) is 12.6 Å². The summed E-state index contributed by atoms with van der Waals surface area (Å²) in [6.45, 7) is 2.81. The van der Waals surface area contributed by atoms with Gasteiger partial charge in [0.25, 0.3) is 0 Å². The molecule has 0 fully saturated rings. The maximum atomic E-state index is 5.81. The number of benzene rings is 1. The predicted molar refractivity (Wildman–Crippen MR) is 75.5 cm³/mol. The maximum absolute atomic E-state index is 5.81. The van der Waals surface area contributed by atoms with Crippen LogP contribution in [-0.4, -0.2) is 18.6 Å². The van der Waals surface area contributed by atoms with E-state index in [1.807, 2.05) is 20.2 Å². The van der Waals surface area contributed by atoms with Gasteiger partial charge in [-0.1, -0.05) is 18.2 Å². The van der Waals surface area contributed by atoms with Crippen molar-refractivity contribution < 1.29 is 4.74 Å². The van der Waals surface area contributed by atoms with Crippen LogP contribution in [0.1, 0.15) is 28.4 Å². The highest BCUT2D eigenvalue weighted by atomic mass is 16.5. The number of fused-ring (bicyclic) bond motifs is 1. The fraction of sp³-hybridized carbons (Fsp3) is 0.312. The average Bonchev–Trinajstić information content (AvgIpc) is 2.89. The third-order valence-electron chi connectivity index (χ3n) is 3.60. The van der Waals surface area contributed by atoms with Crippen LogP contribution in [0.25, 0.3) is 0 Å². The normalized spacial score (nSPS) is 14.8. The van der Waals surface area contributed by atoms with Crippen molar-refractivity contribution in [1.82, 2.24) is 10.3 Å². The number of hydrogen-bond acceptors (Lipinski definition) is 3. The fourth-order valence-corrected chi connectivity index (χ4v) is 2.72. The molecule has 98 valence electrons. The molecule has 19 heavy (non-hydrogen) atoms. The smallest absolute Gasteiger partial charge is 0.127 e. The van der Waals surface area contributed by atoms with Crippen LogP contribution < -0.4 is 10.1 Å². The molecule has 1 aliphatic heterocycles. The second-order valence-electron chi connectivity index (χ2n) is 4.89. The lowest BCUT2D eigenvalue weighted by Crippen LogP contribution is -2.18. The van der Waals surface area contributed by atoms with Crippen molar-refractivity contribution in [2.24, 2.45) is 0 Å². The van der Waals surface area contributed by atoms with Crippen LogP contribution >= 0.6 is 0 Å². The quantitative estimate of drug-likeness (QED) is 0.914. The van der Waals surface area contributed by atoms with Crippen molar-refractivity contribution in [1.29, 1.82) is 0 Å². The Morgan fingerprint density at radius 3 is 3.00 bits per heavy atom. The molecule has 1 atom stereocenters. The van der Waals surface area contributed by atoms with E-state index < -0.39 is 0 Å². The second-order valence-corrected chi connectivity index (χ2v) is 4.89. The monoisotopic (exact) mass is 254 g/mol. The third-order valence-corrected chi connectivity index (χ3v) is 3.60. The predicted octanol–water partition coefficient (Wildman–Crippen LogP) is 2.63. The zero-order valence-corrected chi connectivity index (χ0v) is 11.3. The highest BCUT2D eigenvalue weighted by Gasteiger charge is 2.22. The minimum Gasteiger partial charge on any atom is -0.493 e. The summed E-state index contributed by atoms with van der Waals surface area (Å²) in [7, 11) is 1.98. The van der Waals surface area contributed by atoms with Crippen LogP contribution in [0, 0.1) is 6.92 Å². The molecule has 0 spiro atoms. The van der Waals surface area contributed by atoms with Crippen LogP contribution in [-0.2, 0) is 6.42 Å². The summed E-state index contributed by atoms with van der Waals surface area (Å²) in [5.41, 5.74) is 4.77.